The van der Waals surface area contributed by atoms with E-state index in [0.29, 0.717) is 5.57 Å². The normalized spacial score (nSPS) is 14.2. The zero-order chi connectivity index (χ0) is 10.3. The van der Waals surface area contributed by atoms with Gasteiger partial charge >= 0.3 is 5.97 Å². The summed E-state index contributed by atoms with van der Waals surface area (Å²) in [5, 5.41) is 17.5. The first-order valence-corrected chi connectivity index (χ1v) is 4.62. The minimum Gasteiger partial charge on any atom is -0.478 e. The van der Waals surface area contributed by atoms with Crippen molar-refractivity contribution in [3.8, 4) is 0 Å². The minimum absolute atomic E-state index is 0.246. The molecule has 0 aromatic heterocycles. The molecular formula is C10H18O3. The highest BCUT2D eigenvalue weighted by atomic mass is 16.4. The molecule has 0 heterocycles. The minimum atomic E-state index is -0.851. The van der Waals surface area contributed by atoms with Gasteiger partial charge in [-0.05, 0) is 33.1 Å². The Hall–Kier alpha value is -0.830. The van der Waals surface area contributed by atoms with E-state index in [1.807, 2.05) is 0 Å². The maximum atomic E-state index is 10.4. The maximum Gasteiger partial charge on any atom is 0.330 e. The Kier molecular flexibility index (Phi) is 6.24. The molecule has 3 nitrogen and oxygen atoms in total. The van der Waals surface area contributed by atoms with E-state index < -0.39 is 5.97 Å². The quantitative estimate of drug-likeness (QED) is 0.492. The monoisotopic (exact) mass is 186 g/mol. The number of unbranched alkanes of at least 4 members (excludes halogenated alkanes) is 2. The molecule has 0 spiro atoms. The smallest absolute Gasteiger partial charge is 0.330 e. The number of aliphatic hydroxyl groups excluding tert-OH is 1. The van der Waals surface area contributed by atoms with E-state index in [-0.39, 0.29) is 6.10 Å². The van der Waals surface area contributed by atoms with Gasteiger partial charge in [0.05, 0.1) is 6.10 Å². The largest absolute Gasteiger partial charge is 0.478 e. The Bertz CT molecular complexity index is 183. The summed E-state index contributed by atoms with van der Waals surface area (Å²) in [4.78, 5) is 10.4. The lowest BCUT2D eigenvalue weighted by atomic mass is 10.1. The van der Waals surface area contributed by atoms with E-state index in [1.165, 1.54) is 0 Å². The highest BCUT2D eigenvalue weighted by molar-refractivity contribution is 5.85. The average molecular weight is 186 g/mol. The molecule has 1 unspecified atom stereocenters. The summed E-state index contributed by atoms with van der Waals surface area (Å²) in [6.07, 6.45) is 4.94. The van der Waals surface area contributed by atoms with Crippen LogP contribution in [-0.2, 0) is 4.79 Å². The SMILES string of the molecule is CC(=CCCCCC(C)O)C(=O)O. The number of hydrogen-bond acceptors (Lipinski definition) is 2. The zero-order valence-corrected chi connectivity index (χ0v) is 8.29. The topological polar surface area (TPSA) is 57.5 Å². The van der Waals surface area contributed by atoms with Gasteiger partial charge in [0.15, 0.2) is 0 Å². The molecule has 13 heavy (non-hydrogen) atoms. The van der Waals surface area contributed by atoms with Crippen LogP contribution in [0.1, 0.15) is 39.5 Å². The molecule has 0 bridgehead atoms. The summed E-state index contributed by atoms with van der Waals surface area (Å²) in [6, 6.07) is 0. The van der Waals surface area contributed by atoms with Crippen molar-refractivity contribution in [2.75, 3.05) is 0 Å². The molecule has 1 atom stereocenters. The Morgan fingerprint density at radius 2 is 2.08 bits per heavy atom. The van der Waals surface area contributed by atoms with E-state index in [1.54, 1.807) is 19.9 Å². The van der Waals surface area contributed by atoms with E-state index in [2.05, 4.69) is 0 Å². The third kappa shape index (κ3) is 7.53. The molecule has 0 amide bonds. The summed E-state index contributed by atoms with van der Waals surface area (Å²) in [6.45, 7) is 3.36. The molecule has 0 aromatic rings. The van der Waals surface area contributed by atoms with Crippen molar-refractivity contribution in [1.82, 2.24) is 0 Å². The highest BCUT2D eigenvalue weighted by Gasteiger charge is 1.98. The molecule has 0 aliphatic heterocycles. The molecule has 0 saturated heterocycles. The van der Waals surface area contributed by atoms with Crippen LogP contribution in [0.5, 0.6) is 0 Å². The van der Waals surface area contributed by atoms with Crippen molar-refractivity contribution in [3.63, 3.8) is 0 Å². The number of carbonyl (C=O) groups is 1. The lowest BCUT2D eigenvalue weighted by Crippen LogP contribution is -1.98. The van der Waals surface area contributed by atoms with Crippen molar-refractivity contribution < 1.29 is 15.0 Å². The Labute approximate surface area is 79.1 Å². The Balaban J connectivity index is 3.45. The molecule has 0 rings (SSSR count). The van der Waals surface area contributed by atoms with Gasteiger partial charge in [-0.2, -0.15) is 0 Å². The molecule has 0 fully saturated rings. The van der Waals surface area contributed by atoms with E-state index in [0.717, 1.165) is 25.7 Å². The van der Waals surface area contributed by atoms with Gasteiger partial charge in [0.25, 0.3) is 0 Å². The van der Waals surface area contributed by atoms with Crippen LogP contribution in [0.3, 0.4) is 0 Å². The molecule has 3 heteroatoms. The lowest BCUT2D eigenvalue weighted by Gasteiger charge is -2.01. The summed E-state index contributed by atoms with van der Waals surface area (Å²) in [5.41, 5.74) is 0.400. The van der Waals surface area contributed by atoms with Crippen molar-refractivity contribution >= 4 is 5.97 Å². The van der Waals surface area contributed by atoms with E-state index >= 15 is 0 Å². The van der Waals surface area contributed by atoms with Gasteiger partial charge < -0.3 is 10.2 Å². The summed E-state index contributed by atoms with van der Waals surface area (Å²) in [7, 11) is 0. The third-order valence-electron chi connectivity index (χ3n) is 1.86. The third-order valence-corrected chi connectivity index (χ3v) is 1.86. The number of rotatable bonds is 6. The summed E-state index contributed by atoms with van der Waals surface area (Å²) >= 11 is 0. The number of carboxylic acid groups (broad SMARTS) is 1. The van der Waals surface area contributed by atoms with Crippen molar-refractivity contribution in [2.24, 2.45) is 0 Å². The van der Waals surface area contributed by atoms with Crippen LogP contribution < -0.4 is 0 Å². The molecule has 0 aliphatic rings. The highest BCUT2D eigenvalue weighted by Crippen LogP contribution is 2.05. The molecular weight excluding hydrogens is 168 g/mol. The van der Waals surface area contributed by atoms with Crippen LogP contribution in [0, 0.1) is 0 Å². The van der Waals surface area contributed by atoms with E-state index in [4.69, 9.17) is 10.2 Å². The summed E-state index contributed by atoms with van der Waals surface area (Å²) < 4.78 is 0. The first-order chi connectivity index (χ1) is 6.04. The fourth-order valence-electron chi connectivity index (χ4n) is 0.990. The summed E-state index contributed by atoms with van der Waals surface area (Å²) in [5.74, 6) is -0.851. The molecule has 0 aliphatic carbocycles. The van der Waals surface area contributed by atoms with Crippen molar-refractivity contribution in [3.05, 3.63) is 11.6 Å². The van der Waals surface area contributed by atoms with Gasteiger partial charge in [-0.15, -0.1) is 0 Å². The van der Waals surface area contributed by atoms with E-state index in [9.17, 15) is 4.79 Å². The van der Waals surface area contributed by atoms with Gasteiger partial charge in [0.1, 0.15) is 0 Å². The van der Waals surface area contributed by atoms with Crippen LogP contribution >= 0.6 is 0 Å². The first-order valence-electron chi connectivity index (χ1n) is 4.62. The number of allylic oxidation sites excluding steroid dienone is 1. The van der Waals surface area contributed by atoms with Gasteiger partial charge in [-0.25, -0.2) is 4.79 Å². The molecule has 76 valence electrons. The van der Waals surface area contributed by atoms with Gasteiger partial charge in [0.2, 0.25) is 0 Å². The van der Waals surface area contributed by atoms with Gasteiger partial charge in [0, 0.05) is 5.57 Å². The number of aliphatic carboxylic acids is 1. The number of hydrogen-bond donors (Lipinski definition) is 2. The number of aliphatic hydroxyl groups is 1. The second-order valence-corrected chi connectivity index (χ2v) is 3.33. The van der Waals surface area contributed by atoms with Crippen LogP contribution in [0.25, 0.3) is 0 Å². The van der Waals surface area contributed by atoms with Crippen LogP contribution in [0.15, 0.2) is 11.6 Å². The van der Waals surface area contributed by atoms with Gasteiger partial charge in [-0.1, -0.05) is 12.5 Å². The Morgan fingerprint density at radius 3 is 2.54 bits per heavy atom. The van der Waals surface area contributed by atoms with Gasteiger partial charge in [-0.3, -0.25) is 0 Å². The first kappa shape index (κ1) is 12.2. The Morgan fingerprint density at radius 1 is 1.46 bits per heavy atom. The zero-order valence-electron chi connectivity index (χ0n) is 8.29. The lowest BCUT2D eigenvalue weighted by molar-refractivity contribution is -0.132. The molecule has 0 radical (unpaired) electrons. The number of carboxylic acids is 1. The van der Waals surface area contributed by atoms with Crippen LogP contribution in [-0.4, -0.2) is 22.3 Å². The molecule has 0 saturated carbocycles. The van der Waals surface area contributed by atoms with Crippen LogP contribution in [0.4, 0.5) is 0 Å². The fourth-order valence-corrected chi connectivity index (χ4v) is 0.990. The second kappa shape index (κ2) is 6.66. The molecule has 2 N–H and O–H groups in total. The van der Waals surface area contributed by atoms with Crippen molar-refractivity contribution in [2.45, 2.75) is 45.6 Å². The molecule has 0 aromatic carbocycles. The standard InChI is InChI=1S/C10H18O3/c1-8(10(12)13)6-4-3-5-7-9(2)11/h6,9,11H,3-5,7H2,1-2H3,(H,12,13). The van der Waals surface area contributed by atoms with Crippen LogP contribution in [0.2, 0.25) is 0 Å². The fraction of sp³-hybridized carbons (Fsp3) is 0.700. The van der Waals surface area contributed by atoms with Crippen molar-refractivity contribution in [1.29, 1.82) is 0 Å². The predicted molar refractivity (Wildman–Crippen MR) is 51.5 cm³/mol. The second-order valence-electron chi connectivity index (χ2n) is 3.33. The predicted octanol–water partition coefficient (Wildman–Crippen LogP) is 1.96. The maximum absolute atomic E-state index is 10.4. The average Bonchev–Trinajstić information content (AvgIpc) is 2.02.